The van der Waals surface area contributed by atoms with E-state index in [0.29, 0.717) is 27.6 Å². The molecule has 6 nitrogen and oxygen atoms in total. The number of esters is 1. The second-order valence-corrected chi connectivity index (χ2v) is 6.77. The maximum absolute atomic E-state index is 12.6. The molecule has 0 amide bonds. The normalized spacial score (nSPS) is 13.0. The van der Waals surface area contributed by atoms with Crippen molar-refractivity contribution in [1.29, 1.82) is 0 Å². The minimum absolute atomic E-state index is 0.130. The minimum Gasteiger partial charge on any atom is -0.479 e. The molecule has 144 valence electrons. The van der Waals surface area contributed by atoms with Gasteiger partial charge in [0.1, 0.15) is 5.75 Å². The van der Waals surface area contributed by atoms with Crippen LogP contribution in [0.1, 0.15) is 52.9 Å². The Balaban J connectivity index is 2.05. The average Bonchev–Trinajstić information content (AvgIpc) is 2.90. The Morgan fingerprint density at radius 2 is 1.63 bits per heavy atom. The van der Waals surface area contributed by atoms with Crippen molar-refractivity contribution in [2.75, 3.05) is 0 Å². The third-order valence-corrected chi connectivity index (χ3v) is 4.41. The summed E-state index contributed by atoms with van der Waals surface area (Å²) < 4.78 is 10.7. The van der Waals surface area contributed by atoms with E-state index in [0.717, 1.165) is 0 Å². The number of halogens is 1. The average molecular weight is 392 g/mol. The van der Waals surface area contributed by atoms with Crippen molar-refractivity contribution < 1.29 is 23.9 Å². The topological polar surface area (TPSA) is 85.5 Å². The van der Waals surface area contributed by atoms with Gasteiger partial charge in [-0.15, -0.1) is 0 Å². The van der Waals surface area contributed by atoms with E-state index in [1.807, 2.05) is 0 Å². The second-order valence-electron chi connectivity index (χ2n) is 6.34. The van der Waals surface area contributed by atoms with Crippen LogP contribution in [0.15, 0.2) is 24.3 Å². The molecule has 0 spiro atoms. The highest BCUT2D eigenvalue weighted by atomic mass is 35.5. The van der Waals surface area contributed by atoms with E-state index < -0.39 is 24.0 Å². The molecule has 0 fully saturated rings. The number of aryl methyl sites for hydroxylation is 1. The van der Waals surface area contributed by atoms with Crippen LogP contribution in [0.2, 0.25) is 5.02 Å². The van der Waals surface area contributed by atoms with Crippen LogP contribution in [0.25, 0.3) is 0 Å². The molecule has 27 heavy (non-hydrogen) atoms. The van der Waals surface area contributed by atoms with E-state index >= 15 is 0 Å². The lowest BCUT2D eigenvalue weighted by molar-refractivity contribution is -0.153. The minimum atomic E-state index is -1.02. The van der Waals surface area contributed by atoms with Gasteiger partial charge in [0.2, 0.25) is 5.78 Å². The molecule has 0 aliphatic heterocycles. The highest BCUT2D eigenvalue weighted by molar-refractivity contribution is 6.30. The van der Waals surface area contributed by atoms with E-state index in [1.54, 1.807) is 38.1 Å². The summed E-state index contributed by atoms with van der Waals surface area (Å²) in [6, 6.07) is 6.55. The number of H-pyrrole nitrogens is 1. The van der Waals surface area contributed by atoms with Gasteiger partial charge in [0, 0.05) is 16.3 Å². The maximum atomic E-state index is 12.6. The van der Waals surface area contributed by atoms with E-state index in [9.17, 15) is 14.4 Å². The number of hydrogen-bond donors (Lipinski definition) is 1. The number of aromatic amines is 1. The van der Waals surface area contributed by atoms with Gasteiger partial charge in [-0.2, -0.15) is 0 Å². The third kappa shape index (κ3) is 4.77. The molecule has 0 aliphatic carbocycles. The van der Waals surface area contributed by atoms with Gasteiger partial charge in [-0.1, -0.05) is 11.6 Å². The Labute approximate surface area is 162 Å². The number of aromatic nitrogens is 1. The zero-order chi connectivity index (χ0) is 20.3. The molecule has 0 bridgehead atoms. The molecule has 0 radical (unpaired) electrons. The van der Waals surface area contributed by atoms with E-state index in [2.05, 4.69) is 4.98 Å². The summed E-state index contributed by atoms with van der Waals surface area (Å²) in [4.78, 5) is 39.5. The number of ketones is 2. The molecule has 2 atom stereocenters. The molecular formula is C20H22ClNO5. The summed E-state index contributed by atoms with van der Waals surface area (Å²) in [5, 5.41) is 0.554. The first-order chi connectivity index (χ1) is 12.6. The number of ether oxygens (including phenoxy) is 2. The zero-order valence-corrected chi connectivity index (χ0v) is 16.6. The van der Waals surface area contributed by atoms with Crippen LogP contribution < -0.4 is 4.74 Å². The number of rotatable bonds is 7. The number of nitrogens with one attached hydrogen (secondary N) is 1. The van der Waals surface area contributed by atoms with Crippen LogP contribution in [0.5, 0.6) is 5.75 Å². The highest BCUT2D eigenvalue weighted by Crippen LogP contribution is 2.21. The zero-order valence-electron chi connectivity index (χ0n) is 15.9. The Morgan fingerprint density at radius 3 is 2.15 bits per heavy atom. The lowest BCUT2D eigenvalue weighted by atomic mass is 10.0. The molecule has 0 aliphatic rings. The first-order valence-corrected chi connectivity index (χ1v) is 8.86. The Hall–Kier alpha value is -2.60. The van der Waals surface area contributed by atoms with Gasteiger partial charge in [0.05, 0.1) is 5.69 Å². The Morgan fingerprint density at radius 1 is 1.04 bits per heavy atom. The van der Waals surface area contributed by atoms with Crippen molar-refractivity contribution in [2.24, 2.45) is 0 Å². The number of benzene rings is 1. The van der Waals surface area contributed by atoms with Gasteiger partial charge in [-0.3, -0.25) is 9.59 Å². The molecule has 1 aromatic heterocycles. The van der Waals surface area contributed by atoms with Crippen molar-refractivity contribution in [3.05, 3.63) is 51.8 Å². The molecule has 1 N–H and O–H groups in total. The van der Waals surface area contributed by atoms with Gasteiger partial charge < -0.3 is 14.5 Å². The van der Waals surface area contributed by atoms with E-state index in [1.165, 1.54) is 20.8 Å². The Bertz CT molecular complexity index is 869. The Kier molecular flexibility index (Phi) is 6.44. The number of Topliss-reactive ketones (excluding diaryl/α,β-unsaturated/α-hetero) is 2. The van der Waals surface area contributed by atoms with Crippen molar-refractivity contribution >= 4 is 29.1 Å². The summed E-state index contributed by atoms with van der Waals surface area (Å²) in [7, 11) is 0. The second kappa shape index (κ2) is 8.39. The summed E-state index contributed by atoms with van der Waals surface area (Å²) in [6.45, 7) is 7.87. The van der Waals surface area contributed by atoms with Crippen LogP contribution >= 0.6 is 11.6 Å². The van der Waals surface area contributed by atoms with Crippen LogP contribution in [0, 0.1) is 13.8 Å². The van der Waals surface area contributed by atoms with E-state index in [-0.39, 0.29) is 11.5 Å². The molecule has 1 heterocycles. The first-order valence-electron chi connectivity index (χ1n) is 8.48. The predicted octanol–water partition coefficient (Wildman–Crippen LogP) is 4.07. The molecule has 0 saturated heterocycles. The van der Waals surface area contributed by atoms with Crippen molar-refractivity contribution in [3.63, 3.8) is 0 Å². The fourth-order valence-corrected chi connectivity index (χ4v) is 2.94. The molecule has 1 aromatic carbocycles. The fourth-order valence-electron chi connectivity index (χ4n) is 2.82. The van der Waals surface area contributed by atoms with Crippen LogP contribution in [0.4, 0.5) is 0 Å². The fraction of sp³-hybridized carbons (Fsp3) is 0.350. The first kappa shape index (κ1) is 20.7. The van der Waals surface area contributed by atoms with Gasteiger partial charge in [0.25, 0.3) is 0 Å². The van der Waals surface area contributed by atoms with Crippen LogP contribution in [-0.4, -0.2) is 34.7 Å². The van der Waals surface area contributed by atoms with Crippen molar-refractivity contribution in [1.82, 2.24) is 4.98 Å². The largest absolute Gasteiger partial charge is 0.479 e. The predicted molar refractivity (Wildman–Crippen MR) is 102 cm³/mol. The van der Waals surface area contributed by atoms with Gasteiger partial charge in [-0.05, 0) is 64.4 Å². The number of carbonyl (C=O) groups is 3. The SMILES string of the molecule is CC(=O)c1c(C)[nH]c(C(=O)[C@H](C)OC(=O)[C@@H](C)Oc2ccc(Cl)cc2)c1C. The summed E-state index contributed by atoms with van der Waals surface area (Å²) in [5.74, 6) is -0.742. The molecule has 0 unspecified atom stereocenters. The van der Waals surface area contributed by atoms with Crippen LogP contribution in [-0.2, 0) is 9.53 Å². The monoisotopic (exact) mass is 391 g/mol. The lowest BCUT2D eigenvalue weighted by Crippen LogP contribution is -2.33. The van der Waals surface area contributed by atoms with Crippen LogP contribution in [0.3, 0.4) is 0 Å². The number of carbonyl (C=O) groups excluding carboxylic acids is 3. The molecule has 0 saturated carbocycles. The standard InChI is InChI=1S/C20H22ClNO5/c1-10-17(12(3)23)11(2)22-18(10)19(24)13(4)27-20(25)14(5)26-16-8-6-15(21)7-9-16/h6-9,13-14,22H,1-5H3/t13-,14+/m0/s1. The van der Waals surface area contributed by atoms with Gasteiger partial charge in [-0.25, -0.2) is 4.79 Å². The van der Waals surface area contributed by atoms with Crippen molar-refractivity contribution in [3.8, 4) is 5.75 Å². The summed E-state index contributed by atoms with van der Waals surface area (Å²) in [6.07, 6.45) is -1.92. The summed E-state index contributed by atoms with van der Waals surface area (Å²) in [5.41, 5.74) is 1.92. The maximum Gasteiger partial charge on any atom is 0.347 e. The van der Waals surface area contributed by atoms with Crippen molar-refractivity contribution in [2.45, 2.75) is 46.8 Å². The molecule has 7 heteroatoms. The third-order valence-electron chi connectivity index (χ3n) is 4.16. The van der Waals surface area contributed by atoms with E-state index in [4.69, 9.17) is 21.1 Å². The molecule has 2 rings (SSSR count). The smallest absolute Gasteiger partial charge is 0.347 e. The molecule has 2 aromatic rings. The molecular weight excluding hydrogens is 370 g/mol. The quantitative estimate of drug-likeness (QED) is 0.568. The summed E-state index contributed by atoms with van der Waals surface area (Å²) >= 11 is 5.81. The van der Waals surface area contributed by atoms with Gasteiger partial charge >= 0.3 is 5.97 Å². The highest BCUT2D eigenvalue weighted by Gasteiger charge is 2.28. The lowest BCUT2D eigenvalue weighted by Gasteiger charge is -2.17. The van der Waals surface area contributed by atoms with Gasteiger partial charge in [0.15, 0.2) is 18.0 Å². The number of hydrogen-bond acceptors (Lipinski definition) is 5.